The zero-order valence-electron chi connectivity index (χ0n) is 12.6. The Morgan fingerprint density at radius 1 is 1.00 bits per heavy atom. The summed E-state index contributed by atoms with van der Waals surface area (Å²) in [4.78, 5) is 11.6. The van der Waals surface area contributed by atoms with Crippen LogP contribution in [0.5, 0.6) is 11.5 Å². The molecule has 0 aliphatic heterocycles. The van der Waals surface area contributed by atoms with Gasteiger partial charge in [0.1, 0.15) is 0 Å². The molecule has 3 N–H and O–H groups in total. The molecule has 0 heterocycles. The molecule has 23 heavy (non-hydrogen) atoms. The van der Waals surface area contributed by atoms with E-state index in [2.05, 4.69) is 5.32 Å². The van der Waals surface area contributed by atoms with E-state index in [0.717, 1.165) is 12.0 Å². The van der Waals surface area contributed by atoms with Gasteiger partial charge in [0.2, 0.25) is 5.91 Å². The van der Waals surface area contributed by atoms with Crippen LogP contribution < -0.4 is 5.32 Å². The Labute approximate surface area is 135 Å². The Morgan fingerprint density at radius 2 is 1.78 bits per heavy atom. The molecule has 0 fully saturated rings. The maximum Gasteiger partial charge on any atom is 0.243 e. The van der Waals surface area contributed by atoms with Crippen LogP contribution in [0.3, 0.4) is 0 Å². The fraction of sp³-hybridized carbons (Fsp3) is 0.105. The molecule has 0 bridgehead atoms. The van der Waals surface area contributed by atoms with E-state index < -0.39 is 0 Å². The molecule has 0 spiro atoms. The normalized spacial score (nSPS) is 11.1. The van der Waals surface area contributed by atoms with Crippen molar-refractivity contribution in [3.05, 3.63) is 77.9 Å². The molecule has 2 aromatic rings. The number of carbonyl (C=O) groups is 1. The van der Waals surface area contributed by atoms with E-state index in [1.807, 2.05) is 30.3 Å². The third kappa shape index (κ3) is 5.71. The maximum atomic E-state index is 11.6. The molecule has 0 aliphatic rings. The minimum atomic E-state index is -0.171. The molecule has 4 nitrogen and oxygen atoms in total. The average Bonchev–Trinajstić information content (AvgIpc) is 2.56. The van der Waals surface area contributed by atoms with Crippen LogP contribution in [0.25, 0.3) is 6.08 Å². The molecule has 118 valence electrons. The van der Waals surface area contributed by atoms with Gasteiger partial charge in [-0.25, -0.2) is 0 Å². The van der Waals surface area contributed by atoms with Gasteiger partial charge in [-0.1, -0.05) is 54.6 Å². The molecule has 0 aromatic heterocycles. The highest BCUT2D eigenvalue weighted by Gasteiger charge is 1.97. The lowest BCUT2D eigenvalue weighted by Gasteiger charge is -2.02. The molecule has 0 atom stereocenters. The quantitative estimate of drug-likeness (QED) is 0.436. The van der Waals surface area contributed by atoms with E-state index in [0.29, 0.717) is 6.54 Å². The molecule has 2 aromatic carbocycles. The van der Waals surface area contributed by atoms with E-state index in [1.165, 1.54) is 23.8 Å². The molecular weight excluding hydrogens is 290 g/mol. The van der Waals surface area contributed by atoms with Gasteiger partial charge < -0.3 is 15.5 Å². The lowest BCUT2D eigenvalue weighted by Crippen LogP contribution is -2.23. The Balaban J connectivity index is 1.75. The summed E-state index contributed by atoms with van der Waals surface area (Å²) in [5.74, 6) is -0.482. The zero-order chi connectivity index (χ0) is 16.5. The number of aromatic hydroxyl groups is 2. The molecular formula is C19H19NO3. The highest BCUT2D eigenvalue weighted by atomic mass is 16.3. The van der Waals surface area contributed by atoms with E-state index in [1.54, 1.807) is 24.3 Å². The number of phenols is 2. The summed E-state index contributed by atoms with van der Waals surface area (Å²) < 4.78 is 0. The van der Waals surface area contributed by atoms with Gasteiger partial charge in [0.05, 0.1) is 0 Å². The summed E-state index contributed by atoms with van der Waals surface area (Å²) in [6, 6.07) is 14.5. The van der Waals surface area contributed by atoms with Gasteiger partial charge in [-0.05, 0) is 29.7 Å². The second kappa shape index (κ2) is 8.44. The van der Waals surface area contributed by atoms with Crippen molar-refractivity contribution < 1.29 is 15.0 Å². The Hall–Kier alpha value is -3.01. The Morgan fingerprint density at radius 3 is 2.52 bits per heavy atom. The molecule has 0 unspecified atom stereocenters. The van der Waals surface area contributed by atoms with Crippen molar-refractivity contribution in [3.8, 4) is 11.5 Å². The summed E-state index contributed by atoms with van der Waals surface area (Å²) in [5, 5.41) is 21.4. The number of nitrogens with one attached hydrogen (secondary N) is 1. The smallest absolute Gasteiger partial charge is 0.243 e. The second-order valence-corrected chi connectivity index (χ2v) is 4.99. The summed E-state index contributed by atoms with van der Waals surface area (Å²) in [5.41, 5.74) is 1.92. The monoisotopic (exact) mass is 309 g/mol. The second-order valence-electron chi connectivity index (χ2n) is 4.99. The predicted molar refractivity (Wildman–Crippen MR) is 91.1 cm³/mol. The lowest BCUT2D eigenvalue weighted by atomic mass is 10.1. The first-order valence-corrected chi connectivity index (χ1v) is 7.33. The zero-order valence-corrected chi connectivity index (χ0v) is 12.6. The minimum absolute atomic E-state index is 0.154. The largest absolute Gasteiger partial charge is 0.504 e. The molecule has 1 amide bonds. The van der Waals surface area contributed by atoms with Gasteiger partial charge in [-0.2, -0.15) is 0 Å². The third-order valence-electron chi connectivity index (χ3n) is 3.20. The van der Waals surface area contributed by atoms with Crippen molar-refractivity contribution in [2.75, 3.05) is 6.54 Å². The molecule has 2 rings (SSSR count). The number of amides is 1. The van der Waals surface area contributed by atoms with Crippen molar-refractivity contribution >= 4 is 12.0 Å². The average molecular weight is 309 g/mol. The summed E-state index contributed by atoms with van der Waals surface area (Å²) in [6.45, 7) is 0.586. The Kier molecular flexibility index (Phi) is 6.00. The van der Waals surface area contributed by atoms with E-state index in [4.69, 9.17) is 0 Å². The van der Waals surface area contributed by atoms with Crippen molar-refractivity contribution in [2.24, 2.45) is 0 Å². The number of allylic oxidation sites excluding steroid dienone is 2. The first-order chi connectivity index (χ1) is 11.1. The van der Waals surface area contributed by atoms with E-state index in [9.17, 15) is 15.0 Å². The van der Waals surface area contributed by atoms with Crippen molar-refractivity contribution in [1.82, 2.24) is 5.32 Å². The number of hydrogen-bond donors (Lipinski definition) is 3. The fourth-order valence-electron chi connectivity index (χ4n) is 1.99. The third-order valence-corrected chi connectivity index (χ3v) is 3.20. The van der Waals surface area contributed by atoms with Gasteiger partial charge in [0.15, 0.2) is 11.5 Å². The summed E-state index contributed by atoms with van der Waals surface area (Å²) in [7, 11) is 0. The van der Waals surface area contributed by atoms with Crippen molar-refractivity contribution in [1.29, 1.82) is 0 Å². The molecule has 0 radical (unpaired) electrons. The highest BCUT2D eigenvalue weighted by molar-refractivity contribution is 5.87. The first kappa shape index (κ1) is 16.4. The molecule has 0 aliphatic carbocycles. The van der Waals surface area contributed by atoms with Crippen LogP contribution in [0.2, 0.25) is 0 Å². The number of carbonyl (C=O) groups excluding carboxylic acids is 1. The van der Waals surface area contributed by atoms with Crippen LogP contribution in [0.15, 0.2) is 66.8 Å². The SMILES string of the molecule is O=C(/C=C/C=C/c1ccc(O)c(O)c1)NCCc1ccccc1. The van der Waals surface area contributed by atoms with E-state index in [-0.39, 0.29) is 17.4 Å². The van der Waals surface area contributed by atoms with Gasteiger partial charge >= 0.3 is 0 Å². The predicted octanol–water partition coefficient (Wildman–Crippen LogP) is 3.03. The van der Waals surface area contributed by atoms with Gasteiger partial charge in [-0.3, -0.25) is 4.79 Å². The minimum Gasteiger partial charge on any atom is -0.504 e. The highest BCUT2D eigenvalue weighted by Crippen LogP contribution is 2.25. The lowest BCUT2D eigenvalue weighted by molar-refractivity contribution is -0.116. The number of rotatable bonds is 6. The molecule has 0 saturated carbocycles. The number of phenolic OH excluding ortho intramolecular Hbond substituents is 2. The Bertz CT molecular complexity index is 706. The molecule has 0 saturated heterocycles. The van der Waals surface area contributed by atoms with Gasteiger partial charge in [0, 0.05) is 12.6 Å². The topological polar surface area (TPSA) is 69.6 Å². The molecule has 4 heteroatoms. The van der Waals surface area contributed by atoms with Crippen LogP contribution in [0.4, 0.5) is 0 Å². The van der Waals surface area contributed by atoms with E-state index >= 15 is 0 Å². The van der Waals surface area contributed by atoms with Crippen LogP contribution in [-0.2, 0) is 11.2 Å². The summed E-state index contributed by atoms with van der Waals surface area (Å²) >= 11 is 0. The van der Waals surface area contributed by atoms with Crippen LogP contribution in [-0.4, -0.2) is 22.7 Å². The first-order valence-electron chi connectivity index (χ1n) is 7.33. The number of hydrogen-bond acceptors (Lipinski definition) is 3. The number of benzene rings is 2. The van der Waals surface area contributed by atoms with Crippen LogP contribution in [0, 0.1) is 0 Å². The van der Waals surface area contributed by atoms with Gasteiger partial charge in [0.25, 0.3) is 0 Å². The van der Waals surface area contributed by atoms with Crippen molar-refractivity contribution in [2.45, 2.75) is 6.42 Å². The van der Waals surface area contributed by atoms with Crippen LogP contribution in [0.1, 0.15) is 11.1 Å². The fourth-order valence-corrected chi connectivity index (χ4v) is 1.99. The summed E-state index contributed by atoms with van der Waals surface area (Å²) in [6.07, 6.45) is 7.29. The standard InChI is InChI=1S/C19H19NO3/c21-17-11-10-16(14-18(17)22)8-4-5-9-19(23)20-13-12-15-6-2-1-3-7-15/h1-11,14,21-22H,12-13H2,(H,20,23)/b8-4+,9-5+. The maximum absolute atomic E-state index is 11.6. The van der Waals surface area contributed by atoms with Crippen LogP contribution >= 0.6 is 0 Å². The van der Waals surface area contributed by atoms with Gasteiger partial charge in [-0.15, -0.1) is 0 Å². The van der Waals surface area contributed by atoms with Crippen molar-refractivity contribution in [3.63, 3.8) is 0 Å².